The van der Waals surface area contributed by atoms with Crippen LogP contribution in [-0.4, -0.2) is 0 Å². The van der Waals surface area contributed by atoms with E-state index in [1.54, 1.807) is 0 Å². The predicted molar refractivity (Wildman–Crippen MR) is 230 cm³/mol. The van der Waals surface area contributed by atoms with Crippen LogP contribution in [0, 0.1) is 5.92 Å². The molecule has 53 heavy (non-hydrogen) atoms. The number of rotatable bonds is 6. The van der Waals surface area contributed by atoms with Crippen LogP contribution in [0.2, 0.25) is 0 Å². The molecule has 0 amide bonds. The Bertz CT molecular complexity index is 2080. The highest BCUT2D eigenvalue weighted by molar-refractivity contribution is 5.86. The number of fused-ring (bicyclic) bond motifs is 2. The first-order valence-electron chi connectivity index (χ1n) is 20.2. The molecular weight excluding hydrogens is 641 g/mol. The maximum atomic E-state index is 3.92. The molecule has 0 saturated carbocycles. The molecular formula is C51H64N2. The molecule has 278 valence electrons. The van der Waals surface area contributed by atoms with Crippen LogP contribution in [0.3, 0.4) is 0 Å². The Balaban J connectivity index is 1.39. The molecule has 1 N–H and O–H groups in total. The molecule has 0 bridgehead atoms. The van der Waals surface area contributed by atoms with Crippen molar-refractivity contribution >= 4 is 17.1 Å². The smallest absolute Gasteiger partial charge is 0.0537 e. The SMILES string of the molecule is CC1C=C(Nc2ccc3c(c2)C(C)(C)CCC3(C)C)C=C(N(c2ccc3c(c2)C(C)(C)CCC3(C)C)c2ccc(C(C)(C)C)cc2-c2ccccc2)C1. The van der Waals surface area contributed by atoms with Crippen LogP contribution < -0.4 is 10.2 Å². The molecule has 2 heteroatoms. The summed E-state index contributed by atoms with van der Waals surface area (Å²) in [6.07, 6.45) is 10.6. The molecule has 1 unspecified atom stereocenters. The quantitative estimate of drug-likeness (QED) is 0.215. The van der Waals surface area contributed by atoms with E-state index >= 15 is 0 Å². The number of hydrogen-bond acceptors (Lipinski definition) is 2. The van der Waals surface area contributed by atoms with Gasteiger partial charge in [0.1, 0.15) is 0 Å². The van der Waals surface area contributed by atoms with Crippen molar-refractivity contribution in [3.8, 4) is 11.1 Å². The molecule has 0 fully saturated rings. The standard InChI is InChI=1S/C51H64N2/c1-34-28-38(52-37-19-21-42-44(32-37)50(9,10)26-24-48(42,5)6)31-40(29-34)53(39-20-22-43-45(33-39)51(11,12)27-25-49(43,7)8)46-23-18-36(47(2,3)4)30-41(46)35-16-14-13-15-17-35/h13-23,28,30-34,52H,24-27,29H2,1-12H3. The average Bonchev–Trinajstić information content (AvgIpc) is 3.09. The van der Waals surface area contributed by atoms with Crippen LogP contribution in [0.15, 0.2) is 108 Å². The van der Waals surface area contributed by atoms with Gasteiger partial charge in [-0.15, -0.1) is 0 Å². The second-order valence-corrected chi connectivity index (χ2v) is 20.3. The lowest BCUT2D eigenvalue weighted by Crippen LogP contribution is -2.34. The number of benzene rings is 4. The molecule has 7 rings (SSSR count). The van der Waals surface area contributed by atoms with Crippen molar-refractivity contribution in [2.45, 2.75) is 142 Å². The summed E-state index contributed by atoms with van der Waals surface area (Å²) in [5, 5.41) is 3.92. The van der Waals surface area contributed by atoms with Crippen LogP contribution in [0.4, 0.5) is 17.1 Å². The number of hydrogen-bond donors (Lipinski definition) is 1. The van der Waals surface area contributed by atoms with Crippen molar-refractivity contribution in [1.29, 1.82) is 0 Å². The van der Waals surface area contributed by atoms with Crippen molar-refractivity contribution in [1.82, 2.24) is 0 Å². The van der Waals surface area contributed by atoms with Crippen molar-refractivity contribution < 1.29 is 0 Å². The van der Waals surface area contributed by atoms with E-state index in [1.807, 2.05) is 0 Å². The second-order valence-electron chi connectivity index (χ2n) is 20.3. The molecule has 4 aromatic rings. The zero-order chi connectivity index (χ0) is 38.1. The molecule has 4 aromatic carbocycles. The highest BCUT2D eigenvalue weighted by atomic mass is 15.2. The lowest BCUT2D eigenvalue weighted by molar-refractivity contribution is 0.332. The zero-order valence-electron chi connectivity index (χ0n) is 34.8. The fourth-order valence-corrected chi connectivity index (χ4v) is 9.27. The first kappa shape index (κ1) is 37.3. The van der Waals surface area contributed by atoms with Crippen LogP contribution >= 0.6 is 0 Å². The number of allylic oxidation sites excluding steroid dienone is 3. The Kier molecular flexibility index (Phi) is 9.19. The van der Waals surface area contributed by atoms with E-state index in [4.69, 9.17) is 0 Å². The summed E-state index contributed by atoms with van der Waals surface area (Å²) in [5.41, 5.74) is 16.6. The first-order chi connectivity index (χ1) is 24.7. The Morgan fingerprint density at radius 2 is 1.19 bits per heavy atom. The van der Waals surface area contributed by atoms with E-state index in [1.165, 1.54) is 93.1 Å². The minimum atomic E-state index is 0.0332. The van der Waals surface area contributed by atoms with Gasteiger partial charge in [-0.05, 0) is 141 Å². The second kappa shape index (κ2) is 13.1. The van der Waals surface area contributed by atoms with Gasteiger partial charge in [0, 0.05) is 28.3 Å². The molecule has 0 aromatic heterocycles. The average molecular weight is 705 g/mol. The third kappa shape index (κ3) is 7.16. The fourth-order valence-electron chi connectivity index (χ4n) is 9.27. The molecule has 2 nitrogen and oxygen atoms in total. The monoisotopic (exact) mass is 705 g/mol. The summed E-state index contributed by atoms with van der Waals surface area (Å²) in [6, 6.07) is 32.7. The van der Waals surface area contributed by atoms with Crippen molar-refractivity contribution in [3.63, 3.8) is 0 Å². The van der Waals surface area contributed by atoms with Gasteiger partial charge in [-0.1, -0.05) is 138 Å². The van der Waals surface area contributed by atoms with Crippen molar-refractivity contribution in [3.05, 3.63) is 136 Å². The van der Waals surface area contributed by atoms with Gasteiger partial charge in [-0.2, -0.15) is 0 Å². The normalized spacial score (nSPS) is 21.1. The molecule has 0 heterocycles. The van der Waals surface area contributed by atoms with Gasteiger partial charge in [-0.3, -0.25) is 0 Å². The van der Waals surface area contributed by atoms with Crippen LogP contribution in [0.5, 0.6) is 0 Å². The van der Waals surface area contributed by atoms with Gasteiger partial charge in [-0.25, -0.2) is 0 Å². The molecule has 0 radical (unpaired) electrons. The van der Waals surface area contributed by atoms with Gasteiger partial charge in [0.25, 0.3) is 0 Å². The number of nitrogens with one attached hydrogen (secondary N) is 1. The molecule has 3 aliphatic carbocycles. The number of nitrogens with zero attached hydrogens (tertiary/aromatic N) is 1. The summed E-state index contributed by atoms with van der Waals surface area (Å²) in [4.78, 5) is 2.59. The van der Waals surface area contributed by atoms with Gasteiger partial charge < -0.3 is 10.2 Å². The summed E-state index contributed by atoms with van der Waals surface area (Å²) >= 11 is 0. The van der Waals surface area contributed by atoms with E-state index in [0.29, 0.717) is 5.92 Å². The van der Waals surface area contributed by atoms with Crippen LogP contribution in [-0.2, 0) is 27.1 Å². The zero-order valence-corrected chi connectivity index (χ0v) is 34.8. The van der Waals surface area contributed by atoms with E-state index < -0.39 is 0 Å². The van der Waals surface area contributed by atoms with E-state index in [-0.39, 0.29) is 27.1 Å². The minimum Gasteiger partial charge on any atom is -0.356 e. The Morgan fingerprint density at radius 3 is 1.79 bits per heavy atom. The van der Waals surface area contributed by atoms with Crippen LogP contribution in [0.25, 0.3) is 11.1 Å². The van der Waals surface area contributed by atoms with Gasteiger partial charge in [0.15, 0.2) is 0 Å². The molecule has 0 aliphatic heterocycles. The third-order valence-electron chi connectivity index (χ3n) is 13.0. The maximum absolute atomic E-state index is 3.92. The predicted octanol–water partition coefficient (Wildman–Crippen LogP) is 14.4. The minimum absolute atomic E-state index is 0.0332. The lowest BCUT2D eigenvalue weighted by atomic mass is 9.63. The highest BCUT2D eigenvalue weighted by Gasteiger charge is 2.39. The highest BCUT2D eigenvalue weighted by Crippen LogP contribution is 2.50. The van der Waals surface area contributed by atoms with Gasteiger partial charge >= 0.3 is 0 Å². The summed E-state index contributed by atoms with van der Waals surface area (Å²) in [6.45, 7) is 28.7. The summed E-state index contributed by atoms with van der Waals surface area (Å²) in [7, 11) is 0. The van der Waals surface area contributed by atoms with Gasteiger partial charge in [0.05, 0.1) is 5.69 Å². The Morgan fingerprint density at radius 1 is 0.623 bits per heavy atom. The van der Waals surface area contributed by atoms with Gasteiger partial charge in [0.2, 0.25) is 0 Å². The van der Waals surface area contributed by atoms with Crippen LogP contribution in [0.1, 0.15) is 143 Å². The number of anilines is 3. The van der Waals surface area contributed by atoms with Crippen molar-refractivity contribution in [2.75, 3.05) is 10.2 Å². The third-order valence-corrected chi connectivity index (χ3v) is 13.0. The summed E-state index contributed by atoms with van der Waals surface area (Å²) < 4.78 is 0. The Hall–Kier alpha value is -4.04. The van der Waals surface area contributed by atoms with Crippen molar-refractivity contribution in [2.24, 2.45) is 5.92 Å². The first-order valence-corrected chi connectivity index (χ1v) is 20.2. The van der Waals surface area contributed by atoms with E-state index in [9.17, 15) is 0 Å². The Labute approximate surface area is 321 Å². The molecule has 0 saturated heterocycles. The van der Waals surface area contributed by atoms with E-state index in [2.05, 4.69) is 190 Å². The maximum Gasteiger partial charge on any atom is 0.0537 e. The molecule has 3 aliphatic rings. The fraction of sp³-hybridized carbons (Fsp3) is 0.451. The topological polar surface area (TPSA) is 15.3 Å². The molecule has 0 spiro atoms. The van der Waals surface area contributed by atoms with E-state index in [0.717, 1.165) is 6.42 Å². The molecule has 1 atom stereocenters. The summed E-state index contributed by atoms with van der Waals surface area (Å²) in [5.74, 6) is 0.370. The largest absolute Gasteiger partial charge is 0.356 e. The lowest BCUT2D eigenvalue weighted by Gasteiger charge is -2.43.